The number of benzene rings is 1. The number of rotatable bonds is 1. The van der Waals surface area contributed by atoms with E-state index in [-0.39, 0.29) is 24.1 Å². The Morgan fingerprint density at radius 1 is 1.17 bits per heavy atom. The van der Waals surface area contributed by atoms with Crippen molar-refractivity contribution in [2.24, 2.45) is 0 Å². The van der Waals surface area contributed by atoms with Gasteiger partial charge < -0.3 is 4.90 Å². The Balaban J connectivity index is 0.000000521. The summed E-state index contributed by atoms with van der Waals surface area (Å²) in [6.45, 7) is 10.7. The van der Waals surface area contributed by atoms with E-state index in [0.717, 1.165) is 11.1 Å². The standard InChI is InChI=1S/C14H14N2O3.C3H8.C2H6/c1-8-2-3-10-9(6-8)7-16(14(10)19)11-4-5-12(17)15-13(11)18;1-3-2;1-2/h2-3,6,11H,4-5,7H2,1H3,(H,15,17,18);3H2,1-2H3;1-2H3. The number of nitrogens with one attached hydrogen (secondary N) is 1. The monoisotopic (exact) mass is 332 g/mol. The number of aryl methyl sites for hydroxylation is 1. The van der Waals surface area contributed by atoms with Crippen LogP contribution in [0.5, 0.6) is 0 Å². The average molecular weight is 332 g/mol. The molecule has 24 heavy (non-hydrogen) atoms. The van der Waals surface area contributed by atoms with Crippen LogP contribution in [0.1, 0.15) is 68.4 Å². The maximum atomic E-state index is 12.3. The van der Waals surface area contributed by atoms with E-state index in [1.165, 1.54) is 6.42 Å². The van der Waals surface area contributed by atoms with Crippen LogP contribution in [0.15, 0.2) is 18.2 Å². The molecule has 0 bridgehead atoms. The van der Waals surface area contributed by atoms with Crippen LogP contribution in [-0.2, 0) is 16.1 Å². The van der Waals surface area contributed by atoms with Gasteiger partial charge in [-0.3, -0.25) is 19.7 Å². The molecule has 5 nitrogen and oxygen atoms in total. The van der Waals surface area contributed by atoms with Gasteiger partial charge in [0.05, 0.1) is 0 Å². The molecule has 1 unspecified atom stereocenters. The molecule has 2 aliphatic heterocycles. The highest BCUT2D eigenvalue weighted by Crippen LogP contribution is 2.27. The lowest BCUT2D eigenvalue weighted by Gasteiger charge is -2.29. The van der Waals surface area contributed by atoms with E-state index in [1.54, 1.807) is 11.0 Å². The first-order valence-electron chi connectivity index (χ1n) is 8.72. The molecule has 1 aromatic carbocycles. The van der Waals surface area contributed by atoms with Crippen LogP contribution in [0.25, 0.3) is 0 Å². The second-order valence-corrected chi connectivity index (χ2v) is 5.77. The summed E-state index contributed by atoms with van der Waals surface area (Å²) < 4.78 is 0. The number of amides is 3. The lowest BCUT2D eigenvalue weighted by Crippen LogP contribution is -2.52. The molecular formula is C19H28N2O3. The molecule has 0 aliphatic carbocycles. The number of piperidine rings is 1. The Bertz CT molecular complexity index is 611. The molecule has 1 N–H and O–H groups in total. The third-order valence-electron chi connectivity index (χ3n) is 3.68. The van der Waals surface area contributed by atoms with Crippen LogP contribution in [0.2, 0.25) is 0 Å². The number of carbonyl (C=O) groups is 3. The Labute approximate surface area is 144 Å². The minimum Gasteiger partial charge on any atom is -0.322 e. The quantitative estimate of drug-likeness (QED) is 0.803. The molecule has 3 rings (SSSR count). The summed E-state index contributed by atoms with van der Waals surface area (Å²) in [6, 6.07) is 5.14. The van der Waals surface area contributed by atoms with Crippen molar-refractivity contribution in [2.75, 3.05) is 0 Å². The molecule has 1 aromatic rings. The normalized spacial score (nSPS) is 18.8. The molecule has 0 radical (unpaired) electrons. The maximum Gasteiger partial charge on any atom is 0.255 e. The summed E-state index contributed by atoms with van der Waals surface area (Å²) >= 11 is 0. The highest BCUT2D eigenvalue weighted by Gasteiger charge is 2.38. The highest BCUT2D eigenvalue weighted by molar-refractivity contribution is 6.05. The SMILES string of the molecule is CC.CCC.Cc1ccc2c(c1)CN(C1CCC(=O)NC1=O)C2=O. The van der Waals surface area contributed by atoms with Crippen molar-refractivity contribution in [3.8, 4) is 0 Å². The van der Waals surface area contributed by atoms with Gasteiger partial charge in [-0.2, -0.15) is 0 Å². The zero-order valence-corrected chi connectivity index (χ0v) is 15.3. The molecule has 3 amide bonds. The number of hydrogen-bond donors (Lipinski definition) is 1. The number of hydrogen-bond acceptors (Lipinski definition) is 3. The van der Waals surface area contributed by atoms with Crippen LogP contribution in [0.4, 0.5) is 0 Å². The van der Waals surface area contributed by atoms with Crippen LogP contribution < -0.4 is 5.32 Å². The lowest BCUT2D eigenvalue weighted by molar-refractivity contribution is -0.136. The smallest absolute Gasteiger partial charge is 0.255 e. The number of fused-ring (bicyclic) bond motifs is 1. The second kappa shape index (κ2) is 9.21. The van der Waals surface area contributed by atoms with Crippen molar-refractivity contribution < 1.29 is 14.4 Å². The summed E-state index contributed by atoms with van der Waals surface area (Å²) in [6.07, 6.45) is 1.94. The molecule has 132 valence electrons. The van der Waals surface area contributed by atoms with Crippen molar-refractivity contribution in [2.45, 2.75) is 66.5 Å². The van der Waals surface area contributed by atoms with Crippen molar-refractivity contribution in [1.82, 2.24) is 10.2 Å². The number of carbonyl (C=O) groups excluding carboxylic acids is 3. The lowest BCUT2D eigenvalue weighted by atomic mass is 10.0. The topological polar surface area (TPSA) is 66.5 Å². The molecule has 2 heterocycles. The molecule has 0 aromatic heterocycles. The van der Waals surface area contributed by atoms with E-state index in [0.29, 0.717) is 18.5 Å². The van der Waals surface area contributed by atoms with Gasteiger partial charge in [0, 0.05) is 18.5 Å². The van der Waals surface area contributed by atoms with E-state index in [1.807, 2.05) is 32.9 Å². The van der Waals surface area contributed by atoms with Crippen molar-refractivity contribution >= 4 is 17.7 Å². The largest absolute Gasteiger partial charge is 0.322 e. The van der Waals surface area contributed by atoms with Crippen molar-refractivity contribution in [3.63, 3.8) is 0 Å². The predicted octanol–water partition coefficient (Wildman–Crippen LogP) is 3.20. The van der Waals surface area contributed by atoms with Gasteiger partial charge >= 0.3 is 0 Å². The molecule has 1 fully saturated rings. The summed E-state index contributed by atoms with van der Waals surface area (Å²) in [5.74, 6) is -0.750. The third kappa shape index (κ3) is 4.43. The zero-order chi connectivity index (χ0) is 18.3. The van der Waals surface area contributed by atoms with Gasteiger partial charge in [0.1, 0.15) is 6.04 Å². The van der Waals surface area contributed by atoms with E-state index < -0.39 is 6.04 Å². The first-order valence-corrected chi connectivity index (χ1v) is 8.72. The Kier molecular flexibility index (Phi) is 7.62. The average Bonchev–Trinajstić information content (AvgIpc) is 2.86. The first-order chi connectivity index (χ1) is 11.5. The molecule has 0 spiro atoms. The highest BCUT2D eigenvalue weighted by atomic mass is 16.2. The van der Waals surface area contributed by atoms with Gasteiger partial charge in [0.15, 0.2) is 0 Å². The van der Waals surface area contributed by atoms with E-state index >= 15 is 0 Å². The van der Waals surface area contributed by atoms with E-state index in [4.69, 9.17) is 0 Å². The maximum absolute atomic E-state index is 12.3. The minimum absolute atomic E-state index is 0.121. The Morgan fingerprint density at radius 3 is 2.38 bits per heavy atom. The second-order valence-electron chi connectivity index (χ2n) is 5.77. The number of imide groups is 1. The zero-order valence-electron chi connectivity index (χ0n) is 15.3. The van der Waals surface area contributed by atoms with Gasteiger partial charge in [0.25, 0.3) is 5.91 Å². The van der Waals surface area contributed by atoms with Crippen LogP contribution in [-0.4, -0.2) is 28.7 Å². The third-order valence-corrected chi connectivity index (χ3v) is 3.68. The molecule has 5 heteroatoms. The fourth-order valence-corrected chi connectivity index (χ4v) is 2.70. The van der Waals surface area contributed by atoms with E-state index in [9.17, 15) is 14.4 Å². The minimum atomic E-state index is -0.530. The summed E-state index contributed by atoms with van der Waals surface area (Å²) in [7, 11) is 0. The van der Waals surface area contributed by atoms with Crippen LogP contribution >= 0.6 is 0 Å². The fraction of sp³-hybridized carbons (Fsp3) is 0.526. The molecule has 2 aliphatic rings. The first kappa shape index (κ1) is 19.9. The van der Waals surface area contributed by atoms with Crippen LogP contribution in [0, 0.1) is 6.92 Å². The van der Waals surface area contributed by atoms with Crippen molar-refractivity contribution in [3.05, 3.63) is 34.9 Å². The fourth-order valence-electron chi connectivity index (χ4n) is 2.70. The van der Waals surface area contributed by atoms with Gasteiger partial charge in [-0.15, -0.1) is 0 Å². The van der Waals surface area contributed by atoms with Crippen molar-refractivity contribution in [1.29, 1.82) is 0 Å². The van der Waals surface area contributed by atoms with Gasteiger partial charge in [-0.05, 0) is 25.0 Å². The Morgan fingerprint density at radius 2 is 1.79 bits per heavy atom. The summed E-state index contributed by atoms with van der Waals surface area (Å²) in [5, 5.41) is 2.29. The van der Waals surface area contributed by atoms with Crippen LogP contribution in [0.3, 0.4) is 0 Å². The molecular weight excluding hydrogens is 304 g/mol. The number of nitrogens with zero attached hydrogens (tertiary/aromatic N) is 1. The summed E-state index contributed by atoms with van der Waals surface area (Å²) in [4.78, 5) is 36.8. The summed E-state index contributed by atoms with van der Waals surface area (Å²) in [5.41, 5.74) is 2.71. The molecule has 1 atom stereocenters. The molecule has 0 saturated carbocycles. The van der Waals surface area contributed by atoms with E-state index in [2.05, 4.69) is 19.2 Å². The van der Waals surface area contributed by atoms with Gasteiger partial charge in [0.2, 0.25) is 11.8 Å². The van der Waals surface area contributed by atoms with Gasteiger partial charge in [-0.25, -0.2) is 0 Å². The Hall–Kier alpha value is -2.17. The van der Waals surface area contributed by atoms with Gasteiger partial charge in [-0.1, -0.05) is 51.8 Å². The predicted molar refractivity (Wildman–Crippen MR) is 94.5 cm³/mol. The molecule has 1 saturated heterocycles.